The average Bonchev–Trinajstić information content (AvgIpc) is 2.46. The summed E-state index contributed by atoms with van der Waals surface area (Å²) in [5.74, 6) is -1.19. The fourth-order valence-electron chi connectivity index (χ4n) is 2.29. The Hall–Kier alpha value is -2.24. The molecule has 0 saturated carbocycles. The van der Waals surface area contributed by atoms with Crippen molar-refractivity contribution in [2.45, 2.75) is 25.3 Å². The number of likely N-dealkylation sites (tertiary alicyclic amines) is 1. The number of nitrogens with zero attached hydrogens (tertiary/aromatic N) is 1. The zero-order valence-electron chi connectivity index (χ0n) is 11.0. The minimum absolute atomic E-state index is 0.0475. The van der Waals surface area contributed by atoms with Crippen LogP contribution in [0.5, 0.6) is 11.5 Å². The molecule has 1 aromatic carbocycles. The number of carboxylic acid groups (broad SMARTS) is 1. The van der Waals surface area contributed by atoms with Gasteiger partial charge in [-0.05, 0) is 31.4 Å². The standard InChI is InChI=1S/C14H17NO5/c16-11-6-1-2-7-12(11)20-9-13(17)15-8-4-3-5-10(15)14(18)19/h1-2,6-7,10,16H,3-5,8-9H2,(H,18,19)/t10-/m1/s1. The lowest BCUT2D eigenvalue weighted by molar-refractivity contribution is -0.152. The Morgan fingerprint density at radius 1 is 1.30 bits per heavy atom. The molecular weight excluding hydrogens is 262 g/mol. The summed E-state index contributed by atoms with van der Waals surface area (Å²) in [4.78, 5) is 24.5. The molecule has 1 aliphatic rings. The van der Waals surface area contributed by atoms with Crippen molar-refractivity contribution in [2.24, 2.45) is 0 Å². The molecule has 1 heterocycles. The van der Waals surface area contributed by atoms with E-state index < -0.39 is 12.0 Å². The van der Waals surface area contributed by atoms with E-state index in [0.717, 1.165) is 12.8 Å². The predicted molar refractivity (Wildman–Crippen MR) is 70.6 cm³/mol. The molecular formula is C14H17NO5. The Morgan fingerprint density at radius 3 is 2.75 bits per heavy atom. The third-order valence-corrected chi connectivity index (χ3v) is 3.32. The molecule has 0 bridgehead atoms. The summed E-state index contributed by atoms with van der Waals surface area (Å²) in [6.45, 7) is 0.154. The van der Waals surface area contributed by atoms with Crippen molar-refractivity contribution >= 4 is 11.9 Å². The number of phenolic OH excluding ortho intramolecular Hbond substituents is 1. The molecule has 0 aliphatic carbocycles. The summed E-state index contributed by atoms with van der Waals surface area (Å²) in [7, 11) is 0. The molecule has 1 fully saturated rings. The number of carbonyl (C=O) groups is 2. The Morgan fingerprint density at radius 2 is 2.05 bits per heavy atom. The van der Waals surface area contributed by atoms with Gasteiger partial charge in [0.1, 0.15) is 6.04 Å². The predicted octanol–water partition coefficient (Wildman–Crippen LogP) is 1.24. The van der Waals surface area contributed by atoms with Crippen LogP contribution >= 0.6 is 0 Å². The van der Waals surface area contributed by atoms with E-state index in [1.165, 1.54) is 11.0 Å². The summed E-state index contributed by atoms with van der Waals surface area (Å²) in [5, 5.41) is 18.6. The molecule has 0 radical (unpaired) electrons. The van der Waals surface area contributed by atoms with Crippen LogP contribution in [0, 0.1) is 0 Å². The number of carboxylic acids is 1. The molecule has 1 atom stereocenters. The fourth-order valence-corrected chi connectivity index (χ4v) is 2.29. The number of carbonyl (C=O) groups excluding carboxylic acids is 1. The number of aromatic hydroxyl groups is 1. The zero-order chi connectivity index (χ0) is 14.5. The van der Waals surface area contributed by atoms with Crippen LogP contribution in [0.3, 0.4) is 0 Å². The van der Waals surface area contributed by atoms with Gasteiger partial charge >= 0.3 is 5.97 Å². The first-order valence-electron chi connectivity index (χ1n) is 6.52. The van der Waals surface area contributed by atoms with Gasteiger partial charge in [0.2, 0.25) is 0 Å². The Labute approximate surface area is 116 Å². The minimum Gasteiger partial charge on any atom is -0.504 e. The Bertz CT molecular complexity index is 502. The van der Waals surface area contributed by atoms with Crippen LogP contribution in [0.1, 0.15) is 19.3 Å². The average molecular weight is 279 g/mol. The molecule has 1 aromatic rings. The second-order valence-corrected chi connectivity index (χ2v) is 4.69. The highest BCUT2D eigenvalue weighted by Gasteiger charge is 2.31. The molecule has 0 aromatic heterocycles. The van der Waals surface area contributed by atoms with E-state index in [0.29, 0.717) is 13.0 Å². The van der Waals surface area contributed by atoms with Crippen molar-refractivity contribution in [1.82, 2.24) is 4.90 Å². The smallest absolute Gasteiger partial charge is 0.326 e. The largest absolute Gasteiger partial charge is 0.504 e. The number of para-hydroxylation sites is 2. The maximum atomic E-state index is 12.1. The normalized spacial score (nSPS) is 18.6. The molecule has 0 spiro atoms. The second-order valence-electron chi connectivity index (χ2n) is 4.69. The van der Waals surface area contributed by atoms with Gasteiger partial charge in [-0.3, -0.25) is 4.79 Å². The van der Waals surface area contributed by atoms with Gasteiger partial charge in [0.25, 0.3) is 5.91 Å². The molecule has 2 rings (SSSR count). The Balaban J connectivity index is 1.97. The SMILES string of the molecule is O=C(O)[C@H]1CCCCN1C(=O)COc1ccccc1O. The lowest BCUT2D eigenvalue weighted by Crippen LogP contribution is -2.49. The van der Waals surface area contributed by atoms with E-state index in [2.05, 4.69) is 0 Å². The van der Waals surface area contributed by atoms with Crippen LogP contribution < -0.4 is 4.74 Å². The number of phenols is 1. The summed E-state index contributed by atoms with van der Waals surface area (Å²) < 4.78 is 5.25. The quantitative estimate of drug-likeness (QED) is 0.865. The van der Waals surface area contributed by atoms with Crippen LogP contribution in [0.25, 0.3) is 0 Å². The topological polar surface area (TPSA) is 87.1 Å². The van der Waals surface area contributed by atoms with Crippen molar-refractivity contribution in [2.75, 3.05) is 13.2 Å². The highest BCUT2D eigenvalue weighted by Crippen LogP contribution is 2.24. The third-order valence-electron chi connectivity index (χ3n) is 3.32. The molecule has 108 valence electrons. The maximum absolute atomic E-state index is 12.1. The minimum atomic E-state index is -0.986. The van der Waals surface area contributed by atoms with Crippen molar-refractivity contribution in [1.29, 1.82) is 0 Å². The van der Waals surface area contributed by atoms with Crippen LogP contribution in [-0.2, 0) is 9.59 Å². The molecule has 1 saturated heterocycles. The van der Waals surface area contributed by atoms with Gasteiger partial charge in [0.15, 0.2) is 18.1 Å². The van der Waals surface area contributed by atoms with E-state index in [4.69, 9.17) is 9.84 Å². The lowest BCUT2D eigenvalue weighted by atomic mass is 10.0. The van der Waals surface area contributed by atoms with Gasteiger partial charge in [-0.1, -0.05) is 12.1 Å². The molecule has 1 aliphatic heterocycles. The number of piperidine rings is 1. The first kappa shape index (κ1) is 14.2. The van der Waals surface area contributed by atoms with Crippen LogP contribution in [0.4, 0.5) is 0 Å². The fraction of sp³-hybridized carbons (Fsp3) is 0.429. The monoisotopic (exact) mass is 279 g/mol. The van der Waals surface area contributed by atoms with Crippen LogP contribution in [0.15, 0.2) is 24.3 Å². The van der Waals surface area contributed by atoms with Crippen molar-refractivity contribution in [3.63, 3.8) is 0 Å². The summed E-state index contributed by atoms with van der Waals surface area (Å²) in [6.07, 6.45) is 2.07. The second kappa shape index (κ2) is 6.27. The summed E-state index contributed by atoms with van der Waals surface area (Å²) >= 11 is 0. The number of aliphatic carboxylic acids is 1. The van der Waals surface area contributed by atoms with Gasteiger partial charge in [0.05, 0.1) is 0 Å². The van der Waals surface area contributed by atoms with Crippen molar-refractivity contribution in [3.05, 3.63) is 24.3 Å². The van der Waals surface area contributed by atoms with Crippen molar-refractivity contribution < 1.29 is 24.5 Å². The van der Waals surface area contributed by atoms with Crippen molar-refractivity contribution in [3.8, 4) is 11.5 Å². The molecule has 2 N–H and O–H groups in total. The number of benzene rings is 1. The van der Waals surface area contributed by atoms with E-state index in [1.54, 1.807) is 18.2 Å². The highest BCUT2D eigenvalue weighted by molar-refractivity contribution is 5.84. The number of amides is 1. The van der Waals surface area contributed by atoms with E-state index in [1.807, 2.05) is 0 Å². The van der Waals surface area contributed by atoms with E-state index in [9.17, 15) is 14.7 Å². The zero-order valence-corrected chi connectivity index (χ0v) is 11.0. The molecule has 0 unspecified atom stereocenters. The first-order chi connectivity index (χ1) is 9.59. The summed E-state index contributed by atoms with van der Waals surface area (Å²) in [5.41, 5.74) is 0. The molecule has 20 heavy (non-hydrogen) atoms. The number of rotatable bonds is 4. The maximum Gasteiger partial charge on any atom is 0.326 e. The third kappa shape index (κ3) is 3.20. The highest BCUT2D eigenvalue weighted by atomic mass is 16.5. The number of ether oxygens (including phenoxy) is 1. The number of hydrogen-bond acceptors (Lipinski definition) is 4. The first-order valence-corrected chi connectivity index (χ1v) is 6.52. The van der Waals surface area contributed by atoms with Gasteiger partial charge in [0, 0.05) is 6.54 Å². The van der Waals surface area contributed by atoms with Gasteiger partial charge in [-0.2, -0.15) is 0 Å². The van der Waals surface area contributed by atoms with Gasteiger partial charge < -0.3 is 19.8 Å². The molecule has 6 nitrogen and oxygen atoms in total. The molecule has 1 amide bonds. The van der Waals surface area contributed by atoms with Gasteiger partial charge in [-0.15, -0.1) is 0 Å². The van der Waals surface area contributed by atoms with E-state index >= 15 is 0 Å². The van der Waals surface area contributed by atoms with Crippen LogP contribution in [0.2, 0.25) is 0 Å². The van der Waals surface area contributed by atoms with E-state index in [-0.39, 0.29) is 24.0 Å². The van der Waals surface area contributed by atoms with Crippen LogP contribution in [-0.4, -0.2) is 46.2 Å². The lowest BCUT2D eigenvalue weighted by Gasteiger charge is -2.32. The summed E-state index contributed by atoms with van der Waals surface area (Å²) in [6, 6.07) is 5.56. The number of hydrogen-bond donors (Lipinski definition) is 2. The Kier molecular flexibility index (Phi) is 4.45. The molecule has 6 heteroatoms. The van der Waals surface area contributed by atoms with Gasteiger partial charge in [-0.25, -0.2) is 4.79 Å².